The summed E-state index contributed by atoms with van der Waals surface area (Å²) in [5.74, 6) is 0.677. The van der Waals surface area contributed by atoms with Crippen LogP contribution in [-0.4, -0.2) is 52.5 Å². The number of methoxy groups -OCH3 is 1. The summed E-state index contributed by atoms with van der Waals surface area (Å²) >= 11 is 0. The van der Waals surface area contributed by atoms with Gasteiger partial charge >= 0.3 is 0 Å². The van der Waals surface area contributed by atoms with Crippen LogP contribution < -0.4 is 10.6 Å². The van der Waals surface area contributed by atoms with E-state index in [1.165, 1.54) is 13.3 Å². The van der Waals surface area contributed by atoms with Gasteiger partial charge in [0, 0.05) is 27.1 Å². The van der Waals surface area contributed by atoms with Crippen LogP contribution in [0.4, 0.5) is 5.82 Å². The Bertz CT molecular complexity index is 582. The molecule has 0 saturated carbocycles. The lowest BCUT2D eigenvalue weighted by molar-refractivity contribution is -0.118. The van der Waals surface area contributed by atoms with Gasteiger partial charge in [-0.15, -0.1) is 0 Å². The Morgan fingerprint density at radius 2 is 2.25 bits per heavy atom. The third-order valence-corrected chi connectivity index (χ3v) is 2.73. The number of hydrogen-bond acceptors (Lipinski definition) is 6. The summed E-state index contributed by atoms with van der Waals surface area (Å²) in [6.45, 7) is 3.84. The van der Waals surface area contributed by atoms with Gasteiger partial charge in [-0.05, 0) is 0 Å². The zero-order valence-electron chi connectivity index (χ0n) is 11.6. The second kappa shape index (κ2) is 6.80. The predicted molar refractivity (Wildman–Crippen MR) is 74.4 cm³/mol. The van der Waals surface area contributed by atoms with E-state index in [1.807, 2.05) is 0 Å². The lowest BCUT2D eigenvalue weighted by Crippen LogP contribution is -2.24. The number of anilines is 1. The number of carbonyl (C=O) groups is 1. The summed E-state index contributed by atoms with van der Waals surface area (Å²) in [7, 11) is 1.65. The molecular weight excluding hydrogens is 260 g/mol. The number of aromatic nitrogens is 4. The summed E-state index contributed by atoms with van der Waals surface area (Å²) in [6, 6.07) is 0. The fourth-order valence-corrected chi connectivity index (χ4v) is 1.81. The lowest BCUT2D eigenvalue weighted by atomic mass is 10.4. The molecule has 0 aliphatic carbocycles. The molecule has 0 saturated heterocycles. The van der Waals surface area contributed by atoms with Crippen molar-refractivity contribution in [3.05, 3.63) is 12.5 Å². The highest BCUT2D eigenvalue weighted by atomic mass is 16.5. The zero-order valence-corrected chi connectivity index (χ0v) is 11.6. The minimum atomic E-state index is -0.0574. The third-order valence-electron chi connectivity index (χ3n) is 2.73. The van der Waals surface area contributed by atoms with E-state index in [1.54, 1.807) is 18.0 Å². The first-order valence-electron chi connectivity index (χ1n) is 6.36. The van der Waals surface area contributed by atoms with Crippen LogP contribution in [0, 0.1) is 0 Å². The minimum Gasteiger partial charge on any atom is -0.383 e. The van der Waals surface area contributed by atoms with Crippen molar-refractivity contribution in [3.8, 4) is 0 Å². The smallest absolute Gasteiger partial charge is 0.216 e. The number of rotatable bonds is 7. The fraction of sp³-hybridized carbons (Fsp3) is 0.500. The van der Waals surface area contributed by atoms with E-state index in [9.17, 15) is 4.79 Å². The van der Waals surface area contributed by atoms with Crippen LogP contribution >= 0.6 is 0 Å². The molecule has 0 atom stereocenters. The maximum Gasteiger partial charge on any atom is 0.216 e. The minimum absolute atomic E-state index is 0.0574. The molecule has 20 heavy (non-hydrogen) atoms. The highest BCUT2D eigenvalue weighted by Crippen LogP contribution is 2.17. The number of amides is 1. The first kappa shape index (κ1) is 14.2. The molecule has 0 aliphatic rings. The molecule has 2 N–H and O–H groups in total. The van der Waals surface area contributed by atoms with Crippen molar-refractivity contribution in [1.29, 1.82) is 0 Å². The second-order valence-electron chi connectivity index (χ2n) is 4.23. The molecule has 8 nitrogen and oxygen atoms in total. The van der Waals surface area contributed by atoms with Gasteiger partial charge in [0.15, 0.2) is 5.65 Å². The number of nitrogens with one attached hydrogen (secondary N) is 2. The van der Waals surface area contributed by atoms with Crippen molar-refractivity contribution >= 4 is 22.8 Å². The molecule has 0 bridgehead atoms. The Labute approximate surface area is 116 Å². The standard InChI is InChI=1S/C12H18N6O2/c1-9(19)13-3-5-18-12-10(7-17-18)11(15-8-16-12)14-4-6-20-2/h7-8H,3-6H2,1-2H3,(H,13,19)(H,14,15,16). The molecule has 2 rings (SSSR count). The van der Waals surface area contributed by atoms with Gasteiger partial charge in [0.1, 0.15) is 12.1 Å². The molecule has 2 aromatic heterocycles. The number of ether oxygens (including phenoxy) is 1. The van der Waals surface area contributed by atoms with Gasteiger partial charge in [0.25, 0.3) is 0 Å². The number of fused-ring (bicyclic) bond motifs is 1. The van der Waals surface area contributed by atoms with Crippen molar-refractivity contribution in [2.75, 3.05) is 32.1 Å². The Morgan fingerprint density at radius 3 is 3.00 bits per heavy atom. The van der Waals surface area contributed by atoms with Gasteiger partial charge in [0.05, 0.1) is 24.7 Å². The van der Waals surface area contributed by atoms with Gasteiger partial charge in [-0.1, -0.05) is 0 Å². The zero-order chi connectivity index (χ0) is 14.4. The van der Waals surface area contributed by atoms with Crippen LogP contribution in [0.15, 0.2) is 12.5 Å². The number of nitrogens with zero attached hydrogens (tertiary/aromatic N) is 4. The average molecular weight is 278 g/mol. The van der Waals surface area contributed by atoms with E-state index in [-0.39, 0.29) is 5.91 Å². The first-order chi connectivity index (χ1) is 9.72. The number of carbonyl (C=O) groups excluding carboxylic acids is 1. The van der Waals surface area contributed by atoms with E-state index in [2.05, 4.69) is 25.7 Å². The van der Waals surface area contributed by atoms with E-state index < -0.39 is 0 Å². The van der Waals surface area contributed by atoms with E-state index >= 15 is 0 Å². The first-order valence-corrected chi connectivity index (χ1v) is 6.36. The van der Waals surface area contributed by atoms with Crippen LogP contribution in [0.2, 0.25) is 0 Å². The van der Waals surface area contributed by atoms with Crippen LogP contribution in [-0.2, 0) is 16.1 Å². The Hall–Kier alpha value is -2.22. The van der Waals surface area contributed by atoms with Crippen LogP contribution in [0.25, 0.3) is 11.0 Å². The molecule has 0 aromatic carbocycles. The van der Waals surface area contributed by atoms with E-state index in [4.69, 9.17) is 4.74 Å². The molecule has 108 valence electrons. The number of hydrogen-bond donors (Lipinski definition) is 2. The van der Waals surface area contributed by atoms with Crippen LogP contribution in [0.5, 0.6) is 0 Å². The average Bonchev–Trinajstić information content (AvgIpc) is 2.83. The van der Waals surface area contributed by atoms with Crippen molar-refractivity contribution in [1.82, 2.24) is 25.1 Å². The maximum atomic E-state index is 10.8. The third kappa shape index (κ3) is 3.41. The van der Waals surface area contributed by atoms with Crippen molar-refractivity contribution < 1.29 is 9.53 Å². The molecule has 0 radical (unpaired) electrons. The molecule has 1 amide bonds. The van der Waals surface area contributed by atoms with E-state index in [0.29, 0.717) is 26.2 Å². The maximum absolute atomic E-state index is 10.8. The van der Waals surface area contributed by atoms with Gasteiger partial charge < -0.3 is 15.4 Å². The van der Waals surface area contributed by atoms with Gasteiger partial charge in [-0.25, -0.2) is 14.6 Å². The van der Waals surface area contributed by atoms with E-state index in [0.717, 1.165) is 16.9 Å². The summed E-state index contributed by atoms with van der Waals surface area (Å²) in [5, 5.41) is 11.0. The SMILES string of the molecule is COCCNc1ncnc2c1cnn2CCNC(C)=O. The van der Waals surface area contributed by atoms with Crippen molar-refractivity contribution in [2.24, 2.45) is 0 Å². The molecular formula is C12H18N6O2. The monoisotopic (exact) mass is 278 g/mol. The molecule has 0 unspecified atom stereocenters. The Kier molecular flexibility index (Phi) is 4.83. The van der Waals surface area contributed by atoms with Crippen molar-refractivity contribution in [3.63, 3.8) is 0 Å². The Morgan fingerprint density at radius 1 is 1.40 bits per heavy atom. The molecule has 2 heterocycles. The second-order valence-corrected chi connectivity index (χ2v) is 4.23. The summed E-state index contributed by atoms with van der Waals surface area (Å²) in [5.41, 5.74) is 0.741. The van der Waals surface area contributed by atoms with Gasteiger partial charge in [0.2, 0.25) is 5.91 Å². The lowest BCUT2D eigenvalue weighted by Gasteiger charge is -2.06. The van der Waals surface area contributed by atoms with Crippen LogP contribution in [0.3, 0.4) is 0 Å². The molecule has 2 aromatic rings. The highest BCUT2D eigenvalue weighted by molar-refractivity contribution is 5.86. The normalized spacial score (nSPS) is 10.7. The fourth-order valence-electron chi connectivity index (χ4n) is 1.81. The predicted octanol–water partition coefficient (Wildman–Crippen LogP) is 0.0207. The van der Waals surface area contributed by atoms with Crippen LogP contribution in [0.1, 0.15) is 6.92 Å². The summed E-state index contributed by atoms with van der Waals surface area (Å²) < 4.78 is 6.73. The van der Waals surface area contributed by atoms with Crippen molar-refractivity contribution in [2.45, 2.75) is 13.5 Å². The molecule has 0 fully saturated rings. The highest BCUT2D eigenvalue weighted by Gasteiger charge is 2.09. The molecule has 8 heteroatoms. The van der Waals surface area contributed by atoms with Gasteiger partial charge in [-0.2, -0.15) is 5.10 Å². The quantitative estimate of drug-likeness (QED) is 0.693. The Balaban J connectivity index is 2.10. The largest absolute Gasteiger partial charge is 0.383 e. The topological polar surface area (TPSA) is 94.0 Å². The molecule has 0 spiro atoms. The van der Waals surface area contributed by atoms with Gasteiger partial charge in [-0.3, -0.25) is 4.79 Å². The summed E-state index contributed by atoms with van der Waals surface area (Å²) in [6.07, 6.45) is 3.21. The molecule has 0 aliphatic heterocycles. The summed E-state index contributed by atoms with van der Waals surface area (Å²) in [4.78, 5) is 19.3.